The van der Waals surface area contributed by atoms with Crippen LogP contribution in [0.2, 0.25) is 5.15 Å². The molecule has 4 nitrogen and oxygen atoms in total. The van der Waals surface area contributed by atoms with Gasteiger partial charge < -0.3 is 5.32 Å². The molecule has 0 aliphatic carbocycles. The molecule has 8 heteroatoms. The van der Waals surface area contributed by atoms with Crippen molar-refractivity contribution in [1.82, 2.24) is 9.97 Å². The molecule has 1 heterocycles. The van der Waals surface area contributed by atoms with Gasteiger partial charge in [0.15, 0.2) is 0 Å². The Morgan fingerprint density at radius 1 is 1.24 bits per heavy atom. The van der Waals surface area contributed by atoms with Crippen molar-refractivity contribution in [3.63, 3.8) is 0 Å². The van der Waals surface area contributed by atoms with Crippen molar-refractivity contribution in [2.45, 2.75) is 13.1 Å². The predicted molar refractivity (Wildman–Crippen MR) is 71.2 cm³/mol. The summed E-state index contributed by atoms with van der Waals surface area (Å²) in [6.07, 6.45) is -2.17. The summed E-state index contributed by atoms with van der Waals surface area (Å²) in [6.45, 7) is 1.35. The highest BCUT2D eigenvalue weighted by atomic mass is 35.5. The quantitative estimate of drug-likeness (QED) is 0.919. The second-order valence-corrected chi connectivity index (χ2v) is 4.59. The van der Waals surface area contributed by atoms with E-state index in [4.69, 9.17) is 11.6 Å². The van der Waals surface area contributed by atoms with Crippen molar-refractivity contribution in [3.8, 4) is 0 Å². The average molecular weight is 316 g/mol. The molecule has 21 heavy (non-hydrogen) atoms. The number of hydrogen-bond acceptors (Lipinski definition) is 3. The van der Waals surface area contributed by atoms with E-state index in [2.05, 4.69) is 15.3 Å². The molecule has 1 N–H and O–H groups in total. The third-order valence-corrected chi connectivity index (χ3v) is 2.85. The minimum Gasteiger partial charge on any atom is -0.321 e. The summed E-state index contributed by atoms with van der Waals surface area (Å²) < 4.78 is 38.4. The van der Waals surface area contributed by atoms with E-state index in [1.54, 1.807) is 0 Å². The van der Waals surface area contributed by atoms with E-state index in [0.717, 1.165) is 12.3 Å². The van der Waals surface area contributed by atoms with E-state index >= 15 is 0 Å². The fourth-order valence-corrected chi connectivity index (χ4v) is 1.73. The molecule has 0 saturated heterocycles. The Morgan fingerprint density at radius 2 is 1.95 bits per heavy atom. The number of alkyl halides is 3. The van der Waals surface area contributed by atoms with E-state index in [9.17, 15) is 18.0 Å². The monoisotopic (exact) mass is 315 g/mol. The van der Waals surface area contributed by atoms with Gasteiger partial charge in [-0.05, 0) is 24.6 Å². The normalized spacial score (nSPS) is 11.3. The molecule has 0 radical (unpaired) electrons. The highest BCUT2D eigenvalue weighted by Gasteiger charge is 2.32. The fourth-order valence-electron chi connectivity index (χ4n) is 1.63. The van der Waals surface area contributed by atoms with Crippen LogP contribution < -0.4 is 5.32 Å². The van der Waals surface area contributed by atoms with E-state index < -0.39 is 17.6 Å². The second-order valence-electron chi connectivity index (χ2n) is 4.21. The highest BCUT2D eigenvalue weighted by molar-refractivity contribution is 6.29. The number of nitrogens with one attached hydrogen (secondary N) is 1. The molecule has 2 aromatic rings. The number of rotatable bonds is 2. The Morgan fingerprint density at radius 3 is 2.52 bits per heavy atom. The van der Waals surface area contributed by atoms with Crippen LogP contribution in [-0.4, -0.2) is 15.9 Å². The number of nitrogens with zero attached hydrogens (tertiary/aromatic N) is 2. The maximum Gasteiger partial charge on any atom is 0.416 e. The summed E-state index contributed by atoms with van der Waals surface area (Å²) in [5.41, 5.74) is -0.752. The summed E-state index contributed by atoms with van der Waals surface area (Å²) in [5, 5.41) is 2.45. The summed E-state index contributed by atoms with van der Waals surface area (Å²) in [7, 11) is 0. The predicted octanol–water partition coefficient (Wildman–Crippen LogP) is 3.71. The smallest absolute Gasteiger partial charge is 0.321 e. The van der Waals surface area contributed by atoms with Gasteiger partial charge in [0.25, 0.3) is 5.91 Å². The third-order valence-electron chi connectivity index (χ3n) is 2.65. The molecule has 1 aromatic heterocycles. The number of carbonyl (C=O) groups is 1. The van der Waals surface area contributed by atoms with Crippen LogP contribution in [0.5, 0.6) is 0 Å². The molecule has 1 aromatic carbocycles. The number of aryl methyl sites for hydroxylation is 1. The molecule has 0 spiro atoms. The van der Waals surface area contributed by atoms with Crippen molar-refractivity contribution in [3.05, 3.63) is 52.6 Å². The Bertz CT molecular complexity index is 671. The first kappa shape index (κ1) is 15.2. The van der Waals surface area contributed by atoms with E-state index in [1.165, 1.54) is 25.3 Å². The summed E-state index contributed by atoms with van der Waals surface area (Å²) in [6, 6.07) is 3.54. The summed E-state index contributed by atoms with van der Waals surface area (Å²) >= 11 is 5.53. The van der Waals surface area contributed by atoms with Gasteiger partial charge in [-0.15, -0.1) is 0 Å². The molecule has 0 fully saturated rings. The van der Waals surface area contributed by atoms with Crippen molar-refractivity contribution < 1.29 is 18.0 Å². The number of aromatic nitrogens is 2. The van der Waals surface area contributed by atoms with E-state index in [0.29, 0.717) is 0 Å². The zero-order chi connectivity index (χ0) is 15.6. The minimum absolute atomic E-state index is 0.0228. The van der Waals surface area contributed by atoms with Gasteiger partial charge in [-0.1, -0.05) is 17.7 Å². The largest absolute Gasteiger partial charge is 0.416 e. The first-order valence-corrected chi connectivity index (χ1v) is 6.12. The molecule has 110 valence electrons. The Kier molecular flexibility index (Phi) is 4.13. The van der Waals surface area contributed by atoms with Gasteiger partial charge in [0.05, 0.1) is 18.0 Å². The van der Waals surface area contributed by atoms with Gasteiger partial charge in [-0.25, -0.2) is 9.97 Å². The van der Waals surface area contributed by atoms with Crippen molar-refractivity contribution in [2.24, 2.45) is 0 Å². The Hall–Kier alpha value is -2.15. The molecule has 0 aliphatic heterocycles. The fraction of sp³-hybridized carbons (Fsp3) is 0.154. The van der Waals surface area contributed by atoms with Gasteiger partial charge in [-0.3, -0.25) is 4.79 Å². The van der Waals surface area contributed by atoms with Crippen molar-refractivity contribution >= 4 is 23.2 Å². The number of benzene rings is 1. The number of amides is 1. The van der Waals surface area contributed by atoms with Crippen LogP contribution in [0.4, 0.5) is 18.9 Å². The van der Waals surface area contributed by atoms with Crippen LogP contribution in [0.25, 0.3) is 0 Å². The van der Waals surface area contributed by atoms with Crippen LogP contribution >= 0.6 is 11.6 Å². The third kappa shape index (κ3) is 3.69. The van der Waals surface area contributed by atoms with Crippen molar-refractivity contribution in [2.75, 3.05) is 5.32 Å². The average Bonchev–Trinajstić information content (AvgIpc) is 2.40. The number of halogens is 4. The van der Waals surface area contributed by atoms with E-state index in [1.807, 2.05) is 0 Å². The molecule has 0 atom stereocenters. The minimum atomic E-state index is -4.48. The molecule has 2 rings (SSSR count). The lowest BCUT2D eigenvalue weighted by Gasteiger charge is -2.12. The molecule has 0 saturated carbocycles. The molecular formula is C13H9ClF3N3O. The lowest BCUT2D eigenvalue weighted by atomic mass is 10.1. The first-order chi connectivity index (χ1) is 9.77. The zero-order valence-corrected chi connectivity index (χ0v) is 11.5. The van der Waals surface area contributed by atoms with Gasteiger partial charge in [0.1, 0.15) is 10.8 Å². The second kappa shape index (κ2) is 5.69. The lowest BCUT2D eigenvalue weighted by molar-refractivity contribution is -0.138. The van der Waals surface area contributed by atoms with Gasteiger partial charge in [-0.2, -0.15) is 13.2 Å². The topological polar surface area (TPSA) is 54.9 Å². The number of anilines is 1. The molecule has 0 aliphatic rings. The highest BCUT2D eigenvalue weighted by Crippen LogP contribution is 2.33. The Labute approximate surface area is 123 Å². The first-order valence-electron chi connectivity index (χ1n) is 5.74. The van der Waals surface area contributed by atoms with Crippen LogP contribution in [0.15, 0.2) is 30.6 Å². The molecule has 0 bridgehead atoms. The van der Waals surface area contributed by atoms with Gasteiger partial charge in [0.2, 0.25) is 0 Å². The zero-order valence-electron chi connectivity index (χ0n) is 10.7. The van der Waals surface area contributed by atoms with Crippen LogP contribution in [-0.2, 0) is 6.18 Å². The van der Waals surface area contributed by atoms with Crippen molar-refractivity contribution in [1.29, 1.82) is 0 Å². The SMILES string of the molecule is Cc1ccc(NC(=O)c2cnc(Cl)cn2)cc1C(F)(F)F. The maximum atomic E-state index is 12.8. The molecule has 0 unspecified atom stereocenters. The summed E-state index contributed by atoms with van der Waals surface area (Å²) in [4.78, 5) is 19.2. The number of carbonyl (C=O) groups excluding carboxylic acids is 1. The Balaban J connectivity index is 2.24. The summed E-state index contributed by atoms with van der Waals surface area (Å²) in [5.74, 6) is -0.670. The molecule has 1 amide bonds. The molecular weight excluding hydrogens is 307 g/mol. The number of hydrogen-bond donors (Lipinski definition) is 1. The van der Waals surface area contributed by atoms with Crippen LogP contribution in [0.3, 0.4) is 0 Å². The van der Waals surface area contributed by atoms with E-state index in [-0.39, 0.29) is 22.1 Å². The van der Waals surface area contributed by atoms with Gasteiger partial charge >= 0.3 is 6.18 Å². The maximum absolute atomic E-state index is 12.8. The van der Waals surface area contributed by atoms with Gasteiger partial charge in [0, 0.05) is 5.69 Å². The van der Waals surface area contributed by atoms with Crippen LogP contribution in [0.1, 0.15) is 21.6 Å². The van der Waals surface area contributed by atoms with Crippen LogP contribution in [0, 0.1) is 6.92 Å². The lowest BCUT2D eigenvalue weighted by Crippen LogP contribution is -2.15. The standard InChI is InChI=1S/C13H9ClF3N3O/c1-7-2-3-8(4-9(7)13(15,16)17)20-12(21)10-5-19-11(14)6-18-10/h2-6H,1H3,(H,20,21).